The summed E-state index contributed by atoms with van der Waals surface area (Å²) in [7, 11) is 1.82. The number of carboxylic acid groups (broad SMARTS) is 1. The number of nitrogens with zero attached hydrogens (tertiary/aromatic N) is 2. The van der Waals surface area contributed by atoms with E-state index in [1.165, 1.54) is 4.90 Å². The second-order valence-corrected chi connectivity index (χ2v) is 5.11. The molecule has 0 saturated heterocycles. The molecular weight excluding hydrogens is 308 g/mol. The molecule has 1 aromatic rings. The van der Waals surface area contributed by atoms with Crippen LogP contribution in [0, 0.1) is 0 Å². The van der Waals surface area contributed by atoms with Crippen LogP contribution < -0.4 is 0 Å². The minimum atomic E-state index is -0.831. The summed E-state index contributed by atoms with van der Waals surface area (Å²) >= 11 is 0. The number of imide groups is 1. The van der Waals surface area contributed by atoms with Crippen molar-refractivity contribution in [1.29, 1.82) is 0 Å². The average molecular weight is 327 g/mol. The van der Waals surface area contributed by atoms with E-state index in [0.29, 0.717) is 37.2 Å². The van der Waals surface area contributed by atoms with Crippen molar-refractivity contribution < 1.29 is 19.5 Å². The van der Waals surface area contributed by atoms with E-state index in [9.17, 15) is 14.4 Å². The second-order valence-electron chi connectivity index (χ2n) is 5.11. The van der Waals surface area contributed by atoms with Gasteiger partial charge in [0.05, 0.1) is 17.5 Å². The number of carbonyl (C=O) groups excluding carboxylic acids is 2. The fourth-order valence-corrected chi connectivity index (χ4v) is 2.34. The quantitative estimate of drug-likeness (QED) is 0.768. The van der Waals surface area contributed by atoms with E-state index >= 15 is 0 Å². The highest BCUT2D eigenvalue weighted by molar-refractivity contribution is 6.21. The van der Waals surface area contributed by atoms with E-state index in [1.54, 1.807) is 24.3 Å². The Morgan fingerprint density at radius 1 is 1.14 bits per heavy atom. The monoisotopic (exact) mass is 326 g/mol. The smallest absolute Gasteiger partial charge is 0.304 e. The second kappa shape index (κ2) is 7.91. The number of carboxylic acids is 1. The Labute approximate surface area is 135 Å². The third-order valence-electron chi connectivity index (χ3n) is 3.51. The van der Waals surface area contributed by atoms with Gasteiger partial charge in [0.1, 0.15) is 0 Å². The predicted octanol–water partition coefficient (Wildman–Crippen LogP) is 1.50. The Hall–Kier alpha value is -1.92. The highest BCUT2D eigenvalue weighted by Gasteiger charge is 2.34. The van der Waals surface area contributed by atoms with Crippen LogP contribution in [0.4, 0.5) is 0 Å². The lowest BCUT2D eigenvalue weighted by atomic mass is 10.1. The first-order valence-electron chi connectivity index (χ1n) is 6.86. The maximum atomic E-state index is 12.1. The Morgan fingerprint density at radius 2 is 1.68 bits per heavy atom. The Morgan fingerprint density at radius 3 is 2.18 bits per heavy atom. The van der Waals surface area contributed by atoms with E-state index in [1.807, 2.05) is 11.9 Å². The maximum Gasteiger partial charge on any atom is 0.304 e. The fraction of sp³-hybridized carbons (Fsp3) is 0.400. The van der Waals surface area contributed by atoms with Gasteiger partial charge in [-0.25, -0.2) is 0 Å². The summed E-state index contributed by atoms with van der Waals surface area (Å²) in [4.78, 5) is 37.8. The molecule has 120 valence electrons. The van der Waals surface area contributed by atoms with Crippen molar-refractivity contribution in [2.45, 2.75) is 12.8 Å². The zero-order chi connectivity index (χ0) is 15.4. The minimum Gasteiger partial charge on any atom is -0.481 e. The lowest BCUT2D eigenvalue weighted by Crippen LogP contribution is -2.33. The van der Waals surface area contributed by atoms with Gasteiger partial charge in [-0.1, -0.05) is 12.1 Å². The molecule has 0 radical (unpaired) electrons. The molecule has 1 aliphatic rings. The van der Waals surface area contributed by atoms with E-state index in [4.69, 9.17) is 5.11 Å². The zero-order valence-corrected chi connectivity index (χ0v) is 13.1. The molecule has 0 spiro atoms. The molecule has 7 heteroatoms. The lowest BCUT2D eigenvalue weighted by molar-refractivity contribution is -0.137. The first-order chi connectivity index (χ1) is 10.0. The molecule has 2 amide bonds. The van der Waals surface area contributed by atoms with E-state index in [0.717, 1.165) is 0 Å². The van der Waals surface area contributed by atoms with Crippen molar-refractivity contribution in [2.24, 2.45) is 0 Å². The molecule has 1 N–H and O–H groups in total. The van der Waals surface area contributed by atoms with Gasteiger partial charge in [0.2, 0.25) is 0 Å². The molecule has 0 aromatic heterocycles. The van der Waals surface area contributed by atoms with Gasteiger partial charge in [-0.3, -0.25) is 19.3 Å². The van der Waals surface area contributed by atoms with Crippen LogP contribution in [0.25, 0.3) is 0 Å². The number of fused-ring (bicyclic) bond motifs is 1. The van der Waals surface area contributed by atoms with Gasteiger partial charge in [-0.05, 0) is 32.1 Å². The lowest BCUT2D eigenvalue weighted by Gasteiger charge is -2.18. The van der Waals surface area contributed by atoms with Crippen LogP contribution in [-0.4, -0.2) is 59.4 Å². The number of hydrogen-bond acceptors (Lipinski definition) is 4. The molecule has 0 bridgehead atoms. The number of benzene rings is 1. The van der Waals surface area contributed by atoms with Crippen LogP contribution in [0.15, 0.2) is 24.3 Å². The molecule has 2 rings (SSSR count). The van der Waals surface area contributed by atoms with Gasteiger partial charge in [-0.2, -0.15) is 0 Å². The molecule has 0 unspecified atom stereocenters. The summed E-state index contributed by atoms with van der Waals surface area (Å²) in [6, 6.07) is 6.81. The van der Waals surface area contributed by atoms with E-state index in [2.05, 4.69) is 0 Å². The molecule has 0 saturated carbocycles. The number of hydrogen-bond donors (Lipinski definition) is 1. The van der Waals surface area contributed by atoms with Crippen molar-refractivity contribution in [2.75, 3.05) is 26.7 Å². The molecule has 1 heterocycles. The molecule has 6 nitrogen and oxygen atoms in total. The van der Waals surface area contributed by atoms with Gasteiger partial charge in [0.15, 0.2) is 0 Å². The van der Waals surface area contributed by atoms with Gasteiger partial charge in [0.25, 0.3) is 11.8 Å². The predicted molar refractivity (Wildman–Crippen MR) is 83.4 cm³/mol. The van der Waals surface area contributed by atoms with Gasteiger partial charge in [0, 0.05) is 13.1 Å². The largest absolute Gasteiger partial charge is 0.481 e. The molecule has 0 aliphatic carbocycles. The van der Waals surface area contributed by atoms with E-state index in [-0.39, 0.29) is 30.6 Å². The van der Waals surface area contributed by atoms with Crippen LogP contribution in [0.2, 0.25) is 0 Å². The number of amides is 2. The summed E-state index contributed by atoms with van der Waals surface area (Å²) in [5.41, 5.74) is 0.920. The van der Waals surface area contributed by atoms with Crippen molar-refractivity contribution in [3.8, 4) is 0 Å². The number of aliphatic carboxylic acids is 1. The Bertz CT molecular complexity index is 541. The van der Waals surface area contributed by atoms with Gasteiger partial charge < -0.3 is 10.0 Å². The van der Waals surface area contributed by atoms with Gasteiger partial charge >= 0.3 is 5.97 Å². The third kappa shape index (κ3) is 4.05. The standard InChI is InChI=1S/C15H18N2O4.ClH/c1-16(10-7-13(18)19)8-4-9-17-14(20)11-5-2-3-6-12(11)15(17)21;/h2-3,5-6H,4,7-10H2,1H3,(H,18,19);1H. The van der Waals surface area contributed by atoms with Crippen LogP contribution in [-0.2, 0) is 4.79 Å². The summed E-state index contributed by atoms with van der Waals surface area (Å²) in [5, 5.41) is 8.61. The highest BCUT2D eigenvalue weighted by Crippen LogP contribution is 2.22. The number of carbonyl (C=O) groups is 3. The summed E-state index contributed by atoms with van der Waals surface area (Å²) < 4.78 is 0. The third-order valence-corrected chi connectivity index (χ3v) is 3.51. The molecule has 1 aromatic carbocycles. The topological polar surface area (TPSA) is 77.9 Å². The van der Waals surface area contributed by atoms with Crippen LogP contribution in [0.1, 0.15) is 33.6 Å². The molecule has 1 aliphatic heterocycles. The first-order valence-corrected chi connectivity index (χ1v) is 6.86. The van der Waals surface area contributed by atoms with Crippen molar-refractivity contribution in [3.05, 3.63) is 35.4 Å². The maximum absolute atomic E-state index is 12.1. The summed E-state index contributed by atoms with van der Waals surface area (Å²) in [6.07, 6.45) is 0.713. The van der Waals surface area contributed by atoms with Crippen molar-refractivity contribution >= 4 is 30.2 Å². The van der Waals surface area contributed by atoms with E-state index < -0.39 is 5.97 Å². The Kier molecular flexibility index (Phi) is 6.52. The molecule has 0 fully saturated rings. The van der Waals surface area contributed by atoms with Crippen molar-refractivity contribution in [3.63, 3.8) is 0 Å². The molecular formula is C15H19ClN2O4. The number of halogens is 1. The van der Waals surface area contributed by atoms with Crippen LogP contribution in [0.3, 0.4) is 0 Å². The van der Waals surface area contributed by atoms with Crippen LogP contribution in [0.5, 0.6) is 0 Å². The summed E-state index contributed by atoms with van der Waals surface area (Å²) in [6.45, 7) is 1.45. The zero-order valence-electron chi connectivity index (χ0n) is 12.3. The summed E-state index contributed by atoms with van der Waals surface area (Å²) in [5.74, 6) is -1.32. The van der Waals surface area contributed by atoms with Crippen molar-refractivity contribution in [1.82, 2.24) is 9.80 Å². The van der Waals surface area contributed by atoms with Gasteiger partial charge in [-0.15, -0.1) is 12.4 Å². The Balaban J connectivity index is 0.00000242. The van der Waals surface area contributed by atoms with Crippen LogP contribution >= 0.6 is 12.4 Å². The first kappa shape index (κ1) is 18.1. The molecule has 22 heavy (non-hydrogen) atoms. The number of rotatable bonds is 7. The highest BCUT2D eigenvalue weighted by atomic mass is 35.5. The normalized spacial score (nSPS) is 13.3. The average Bonchev–Trinajstić information content (AvgIpc) is 2.70. The molecule has 0 atom stereocenters. The minimum absolute atomic E-state index is 0. The SMILES string of the molecule is CN(CCCN1C(=O)c2ccccc2C1=O)CCC(=O)O.Cl. The fourth-order valence-electron chi connectivity index (χ4n) is 2.34.